The fourth-order valence-corrected chi connectivity index (χ4v) is 2.17. The second kappa shape index (κ2) is 5.62. The van der Waals surface area contributed by atoms with E-state index in [1.54, 1.807) is 13.8 Å². The van der Waals surface area contributed by atoms with Gasteiger partial charge < -0.3 is 15.5 Å². The van der Waals surface area contributed by atoms with Crippen LogP contribution in [0.15, 0.2) is 0 Å². The maximum atomic E-state index is 10.8. The summed E-state index contributed by atoms with van der Waals surface area (Å²) < 4.78 is 0. The molecule has 0 aliphatic rings. The van der Waals surface area contributed by atoms with Gasteiger partial charge in [-0.3, -0.25) is 4.79 Å². The third kappa shape index (κ3) is 3.70. The number of hydrogen-bond acceptors (Lipinski definition) is 5. The zero-order valence-electron chi connectivity index (χ0n) is 9.56. The van der Waals surface area contributed by atoms with Gasteiger partial charge in [0.2, 0.25) is 0 Å². The number of carboxylic acids is 2. The molecule has 94 valence electrons. The largest absolute Gasteiger partial charge is 0.481 e. The van der Waals surface area contributed by atoms with Crippen molar-refractivity contribution in [3.8, 4) is 0 Å². The minimum Gasteiger partial charge on any atom is -0.481 e. The van der Waals surface area contributed by atoms with Gasteiger partial charge in [-0.25, -0.2) is 9.78 Å². The van der Waals surface area contributed by atoms with Crippen molar-refractivity contribution in [2.75, 3.05) is 5.32 Å². The zero-order chi connectivity index (χ0) is 13.0. The highest BCUT2D eigenvalue weighted by Gasteiger charge is 2.18. The van der Waals surface area contributed by atoms with E-state index in [9.17, 15) is 9.59 Å². The number of nitrogens with one attached hydrogen (secondary N) is 1. The molecule has 0 aliphatic heterocycles. The van der Waals surface area contributed by atoms with E-state index >= 15 is 0 Å². The van der Waals surface area contributed by atoms with E-state index in [-0.39, 0.29) is 6.42 Å². The average Bonchev–Trinajstić information content (AvgIpc) is 2.54. The number of anilines is 1. The van der Waals surface area contributed by atoms with Gasteiger partial charge >= 0.3 is 11.9 Å². The molecule has 1 aromatic rings. The van der Waals surface area contributed by atoms with Crippen molar-refractivity contribution in [3.63, 3.8) is 0 Å². The van der Waals surface area contributed by atoms with Crippen LogP contribution in [0.4, 0.5) is 5.13 Å². The molecule has 0 bridgehead atoms. The van der Waals surface area contributed by atoms with E-state index in [1.165, 1.54) is 11.3 Å². The Balaban J connectivity index is 2.79. The van der Waals surface area contributed by atoms with Crippen molar-refractivity contribution < 1.29 is 19.8 Å². The molecule has 0 radical (unpaired) electrons. The third-order valence-electron chi connectivity index (χ3n) is 2.22. The van der Waals surface area contributed by atoms with Gasteiger partial charge in [0.05, 0.1) is 12.1 Å². The molecule has 6 nitrogen and oxygen atoms in total. The number of aromatic nitrogens is 1. The molecule has 1 rings (SSSR count). The van der Waals surface area contributed by atoms with Crippen LogP contribution in [0.5, 0.6) is 0 Å². The first kappa shape index (κ1) is 13.4. The molecule has 1 unspecified atom stereocenters. The monoisotopic (exact) mass is 258 g/mol. The molecule has 3 N–H and O–H groups in total. The van der Waals surface area contributed by atoms with Gasteiger partial charge in [0, 0.05) is 4.88 Å². The summed E-state index contributed by atoms with van der Waals surface area (Å²) in [7, 11) is 0. The molecule has 1 heterocycles. The molecule has 0 amide bonds. The number of rotatable bonds is 6. The van der Waals surface area contributed by atoms with Crippen LogP contribution in [0.25, 0.3) is 0 Å². The Labute approximate surface area is 102 Å². The maximum absolute atomic E-state index is 10.8. The molecular weight excluding hydrogens is 244 g/mol. The molecule has 0 saturated carbocycles. The highest BCUT2D eigenvalue weighted by atomic mass is 32.1. The Morgan fingerprint density at radius 1 is 1.47 bits per heavy atom. The lowest BCUT2D eigenvalue weighted by molar-refractivity contribution is -0.138. The van der Waals surface area contributed by atoms with E-state index in [0.29, 0.717) is 17.2 Å². The second-order valence-electron chi connectivity index (χ2n) is 3.54. The van der Waals surface area contributed by atoms with Crippen LogP contribution in [0.3, 0.4) is 0 Å². The maximum Gasteiger partial charge on any atom is 0.326 e. The summed E-state index contributed by atoms with van der Waals surface area (Å²) >= 11 is 1.27. The number of carbonyl (C=O) groups is 2. The van der Waals surface area contributed by atoms with Crippen LogP contribution in [-0.4, -0.2) is 33.2 Å². The number of aryl methyl sites for hydroxylation is 1. The Kier molecular flexibility index (Phi) is 4.45. The summed E-state index contributed by atoms with van der Waals surface area (Å²) in [6.45, 7) is 3.52. The lowest BCUT2D eigenvalue weighted by Gasteiger charge is -2.10. The number of carboxylic acid groups (broad SMARTS) is 2. The van der Waals surface area contributed by atoms with Crippen LogP contribution < -0.4 is 5.32 Å². The first-order valence-electron chi connectivity index (χ1n) is 5.11. The highest BCUT2D eigenvalue weighted by Crippen LogP contribution is 2.23. The molecule has 7 heteroatoms. The molecule has 0 spiro atoms. The fraction of sp³-hybridized carbons (Fsp3) is 0.500. The molecule has 17 heavy (non-hydrogen) atoms. The van der Waals surface area contributed by atoms with Crippen LogP contribution in [-0.2, 0) is 16.0 Å². The topological polar surface area (TPSA) is 99.5 Å². The smallest absolute Gasteiger partial charge is 0.326 e. The lowest BCUT2D eigenvalue weighted by Crippen LogP contribution is -2.28. The van der Waals surface area contributed by atoms with Crippen molar-refractivity contribution in [2.24, 2.45) is 0 Å². The van der Waals surface area contributed by atoms with Gasteiger partial charge in [0.1, 0.15) is 6.04 Å². The van der Waals surface area contributed by atoms with Gasteiger partial charge in [-0.1, -0.05) is 6.92 Å². The van der Waals surface area contributed by atoms with Crippen molar-refractivity contribution in [1.29, 1.82) is 0 Å². The van der Waals surface area contributed by atoms with Gasteiger partial charge in [-0.2, -0.15) is 0 Å². The Hall–Kier alpha value is -1.63. The first-order valence-corrected chi connectivity index (χ1v) is 5.93. The summed E-state index contributed by atoms with van der Waals surface area (Å²) in [5, 5.41) is 20.8. The van der Waals surface area contributed by atoms with E-state index in [0.717, 1.165) is 4.88 Å². The number of aliphatic carboxylic acids is 2. The minimum absolute atomic E-state index is 0.145. The van der Waals surface area contributed by atoms with Gasteiger partial charge in [0.25, 0.3) is 0 Å². The zero-order valence-corrected chi connectivity index (χ0v) is 10.4. The van der Waals surface area contributed by atoms with Crippen LogP contribution in [0.1, 0.15) is 23.9 Å². The lowest BCUT2D eigenvalue weighted by atomic mass is 10.2. The molecular formula is C10H14N2O4S. The summed E-state index contributed by atoms with van der Waals surface area (Å²) in [6, 6.07) is -0.696. The third-order valence-corrected chi connectivity index (χ3v) is 3.16. The normalized spacial score (nSPS) is 12.1. The Bertz CT molecular complexity index is 430. The number of nitrogens with zero attached hydrogens (tertiary/aromatic N) is 1. The Morgan fingerprint density at radius 2 is 2.12 bits per heavy atom. The summed E-state index contributed by atoms with van der Waals surface area (Å²) in [5.41, 5.74) is 0.477. The van der Waals surface area contributed by atoms with Crippen molar-refractivity contribution in [3.05, 3.63) is 10.6 Å². The van der Waals surface area contributed by atoms with Crippen LogP contribution in [0, 0.1) is 6.92 Å². The highest BCUT2D eigenvalue weighted by molar-refractivity contribution is 7.15. The SMILES string of the molecule is CCC(Nc1nc(CC(=O)O)c(C)s1)C(=O)O. The summed E-state index contributed by atoms with van der Waals surface area (Å²) in [6.07, 6.45) is 0.288. The molecule has 0 aromatic carbocycles. The van der Waals surface area contributed by atoms with Crippen LogP contribution in [0.2, 0.25) is 0 Å². The van der Waals surface area contributed by atoms with Gasteiger partial charge in [-0.15, -0.1) is 11.3 Å². The summed E-state index contributed by atoms with van der Waals surface area (Å²) in [4.78, 5) is 26.3. The standard InChI is InChI=1S/C10H14N2O4S/c1-3-6(9(15)16)11-10-12-7(4-8(13)14)5(2)17-10/h6H,3-4H2,1-2H3,(H,11,12)(H,13,14)(H,15,16). The van der Waals surface area contributed by atoms with Gasteiger partial charge in [-0.05, 0) is 13.3 Å². The van der Waals surface area contributed by atoms with E-state index in [1.807, 2.05) is 0 Å². The second-order valence-corrected chi connectivity index (χ2v) is 4.74. The quantitative estimate of drug-likeness (QED) is 0.712. The van der Waals surface area contributed by atoms with E-state index < -0.39 is 18.0 Å². The number of hydrogen-bond donors (Lipinski definition) is 3. The van der Waals surface area contributed by atoms with Crippen molar-refractivity contribution in [2.45, 2.75) is 32.7 Å². The summed E-state index contributed by atoms with van der Waals surface area (Å²) in [5.74, 6) is -1.89. The Morgan fingerprint density at radius 3 is 2.59 bits per heavy atom. The first-order chi connectivity index (χ1) is 7.93. The predicted molar refractivity (Wildman–Crippen MR) is 63.5 cm³/mol. The van der Waals surface area contributed by atoms with Crippen molar-refractivity contribution >= 4 is 28.4 Å². The average molecular weight is 258 g/mol. The molecule has 0 aliphatic carbocycles. The van der Waals surface area contributed by atoms with Crippen LogP contribution >= 0.6 is 11.3 Å². The fourth-order valence-electron chi connectivity index (χ4n) is 1.28. The van der Waals surface area contributed by atoms with Crippen molar-refractivity contribution in [1.82, 2.24) is 4.98 Å². The predicted octanol–water partition coefficient (Wildman–Crippen LogP) is 1.35. The molecule has 0 fully saturated rings. The molecule has 0 saturated heterocycles. The minimum atomic E-state index is -0.949. The molecule has 1 atom stereocenters. The number of thiazole rings is 1. The van der Waals surface area contributed by atoms with E-state index in [2.05, 4.69) is 10.3 Å². The molecule has 1 aromatic heterocycles. The van der Waals surface area contributed by atoms with E-state index in [4.69, 9.17) is 10.2 Å². The van der Waals surface area contributed by atoms with Gasteiger partial charge in [0.15, 0.2) is 5.13 Å².